The largest absolute Gasteiger partial charge is 0.493 e. The molecule has 0 amide bonds. The third-order valence-corrected chi connectivity index (χ3v) is 3.66. The summed E-state index contributed by atoms with van der Waals surface area (Å²) in [6, 6.07) is 4.86. The zero-order valence-electron chi connectivity index (χ0n) is 12.2. The molecule has 0 N–H and O–H groups in total. The Hall–Kier alpha value is -2.11. The van der Waals surface area contributed by atoms with Crippen LogP contribution < -0.4 is 9.64 Å². The number of ether oxygens (including phenoxy) is 1. The average Bonchev–Trinajstić information content (AvgIpc) is 2.52. The fourth-order valence-electron chi connectivity index (χ4n) is 2.45. The highest BCUT2D eigenvalue weighted by molar-refractivity contribution is 5.59. The Morgan fingerprint density at radius 1 is 1.38 bits per heavy atom. The van der Waals surface area contributed by atoms with Crippen LogP contribution in [0.2, 0.25) is 0 Å². The van der Waals surface area contributed by atoms with Gasteiger partial charge in [0.1, 0.15) is 12.0 Å². The molecule has 0 radical (unpaired) electrons. The number of hydrogen-bond acceptors (Lipinski definition) is 5. The molecule has 2 rings (SSSR count). The predicted molar refractivity (Wildman–Crippen MR) is 79.9 cm³/mol. The maximum Gasteiger partial charge on any atom is 0.275 e. The molecule has 1 aliphatic rings. The molecule has 6 nitrogen and oxygen atoms in total. The van der Waals surface area contributed by atoms with E-state index in [9.17, 15) is 14.9 Å². The minimum atomic E-state index is -0.402. The van der Waals surface area contributed by atoms with Crippen LogP contribution in [0.4, 0.5) is 11.4 Å². The van der Waals surface area contributed by atoms with Crippen molar-refractivity contribution in [3.05, 3.63) is 28.3 Å². The van der Waals surface area contributed by atoms with Crippen molar-refractivity contribution in [2.45, 2.75) is 26.2 Å². The van der Waals surface area contributed by atoms with Crippen molar-refractivity contribution in [2.24, 2.45) is 5.92 Å². The minimum Gasteiger partial charge on any atom is -0.493 e. The van der Waals surface area contributed by atoms with Gasteiger partial charge in [0.05, 0.1) is 17.6 Å². The van der Waals surface area contributed by atoms with Gasteiger partial charge < -0.3 is 14.4 Å². The van der Waals surface area contributed by atoms with Crippen LogP contribution in [0.15, 0.2) is 18.2 Å². The Labute approximate surface area is 123 Å². The number of aldehydes is 1. The van der Waals surface area contributed by atoms with Crippen LogP contribution >= 0.6 is 0 Å². The molecule has 1 fully saturated rings. The molecule has 21 heavy (non-hydrogen) atoms. The molecule has 1 aliphatic heterocycles. The zero-order valence-corrected chi connectivity index (χ0v) is 12.2. The van der Waals surface area contributed by atoms with E-state index in [1.54, 1.807) is 6.07 Å². The number of anilines is 1. The van der Waals surface area contributed by atoms with Gasteiger partial charge in [-0.05, 0) is 19.3 Å². The molecule has 0 saturated carbocycles. The highest BCUT2D eigenvalue weighted by atomic mass is 16.6. The molecule has 0 unspecified atom stereocenters. The first-order chi connectivity index (χ1) is 10.1. The molecule has 1 saturated heterocycles. The summed E-state index contributed by atoms with van der Waals surface area (Å²) in [5.74, 6) is 0.634. The molecule has 1 aromatic rings. The highest BCUT2D eigenvalue weighted by Crippen LogP contribution is 2.31. The molecule has 0 spiro atoms. The van der Waals surface area contributed by atoms with Gasteiger partial charge in [0.15, 0.2) is 0 Å². The summed E-state index contributed by atoms with van der Waals surface area (Å²) in [6.45, 7) is 3.99. The van der Waals surface area contributed by atoms with Crippen LogP contribution in [0.3, 0.4) is 0 Å². The summed E-state index contributed by atoms with van der Waals surface area (Å²) in [4.78, 5) is 23.5. The molecule has 1 aromatic carbocycles. The Morgan fingerprint density at radius 2 is 2.10 bits per heavy atom. The number of rotatable bonds is 6. The normalized spacial score (nSPS) is 15.8. The van der Waals surface area contributed by atoms with Gasteiger partial charge in [-0.15, -0.1) is 0 Å². The van der Waals surface area contributed by atoms with Crippen molar-refractivity contribution >= 4 is 17.7 Å². The minimum absolute atomic E-state index is 0.0381. The van der Waals surface area contributed by atoms with E-state index >= 15 is 0 Å². The van der Waals surface area contributed by atoms with Crippen molar-refractivity contribution in [1.29, 1.82) is 0 Å². The SMILES string of the molecule is CCCOc1cc(N2CCC(C=O)CC2)cc([N+](=O)[O-])c1. The van der Waals surface area contributed by atoms with Crippen LogP contribution in [-0.4, -0.2) is 30.9 Å². The summed E-state index contributed by atoms with van der Waals surface area (Å²) in [6.07, 6.45) is 3.43. The van der Waals surface area contributed by atoms with E-state index in [2.05, 4.69) is 4.90 Å². The van der Waals surface area contributed by atoms with Gasteiger partial charge in [-0.25, -0.2) is 0 Å². The van der Waals surface area contributed by atoms with E-state index in [4.69, 9.17) is 4.74 Å². The van der Waals surface area contributed by atoms with Gasteiger partial charge in [-0.2, -0.15) is 0 Å². The average molecular weight is 292 g/mol. The van der Waals surface area contributed by atoms with Crippen LogP contribution in [0.25, 0.3) is 0 Å². The maximum atomic E-state index is 11.0. The van der Waals surface area contributed by atoms with Crippen molar-refractivity contribution in [2.75, 3.05) is 24.6 Å². The van der Waals surface area contributed by atoms with Gasteiger partial charge in [0, 0.05) is 36.8 Å². The van der Waals surface area contributed by atoms with Crippen molar-refractivity contribution in [3.63, 3.8) is 0 Å². The van der Waals surface area contributed by atoms with Crippen LogP contribution in [0, 0.1) is 16.0 Å². The third kappa shape index (κ3) is 3.93. The molecule has 6 heteroatoms. The first-order valence-electron chi connectivity index (χ1n) is 7.26. The van der Waals surface area contributed by atoms with E-state index in [1.165, 1.54) is 6.07 Å². The first kappa shape index (κ1) is 15.3. The van der Waals surface area contributed by atoms with Crippen LogP contribution in [0.5, 0.6) is 5.75 Å². The fraction of sp³-hybridized carbons (Fsp3) is 0.533. The highest BCUT2D eigenvalue weighted by Gasteiger charge is 2.21. The molecule has 0 bridgehead atoms. The van der Waals surface area contributed by atoms with E-state index in [0.29, 0.717) is 12.4 Å². The van der Waals surface area contributed by atoms with E-state index in [-0.39, 0.29) is 11.6 Å². The van der Waals surface area contributed by atoms with Crippen molar-refractivity contribution in [3.8, 4) is 5.75 Å². The lowest BCUT2D eigenvalue weighted by atomic mass is 9.98. The zero-order chi connectivity index (χ0) is 15.2. The van der Waals surface area contributed by atoms with E-state index < -0.39 is 4.92 Å². The second kappa shape index (κ2) is 7.06. The number of carbonyl (C=O) groups excluding carboxylic acids is 1. The Balaban J connectivity index is 2.19. The molecule has 0 aliphatic carbocycles. The number of nitro groups is 1. The van der Waals surface area contributed by atoms with Gasteiger partial charge in [0.25, 0.3) is 5.69 Å². The lowest BCUT2D eigenvalue weighted by Gasteiger charge is -2.31. The molecule has 114 valence electrons. The molecular formula is C15H20N2O4. The van der Waals surface area contributed by atoms with Crippen molar-refractivity contribution in [1.82, 2.24) is 0 Å². The summed E-state index contributed by atoms with van der Waals surface area (Å²) < 4.78 is 5.53. The smallest absolute Gasteiger partial charge is 0.275 e. The Morgan fingerprint density at radius 3 is 2.67 bits per heavy atom. The van der Waals surface area contributed by atoms with Gasteiger partial charge >= 0.3 is 0 Å². The number of benzene rings is 1. The van der Waals surface area contributed by atoms with Crippen molar-refractivity contribution < 1.29 is 14.5 Å². The lowest BCUT2D eigenvalue weighted by molar-refractivity contribution is -0.384. The van der Waals surface area contributed by atoms with Gasteiger partial charge in [0.2, 0.25) is 0 Å². The Kier molecular flexibility index (Phi) is 5.14. The quantitative estimate of drug-likeness (QED) is 0.458. The second-order valence-corrected chi connectivity index (χ2v) is 5.25. The standard InChI is InChI=1S/C15H20N2O4/c1-2-7-21-15-9-13(8-14(10-15)17(19)20)16-5-3-12(11-18)4-6-16/h8-12H,2-7H2,1H3. The summed E-state index contributed by atoms with van der Waals surface area (Å²) >= 11 is 0. The summed E-state index contributed by atoms with van der Waals surface area (Å²) in [5.41, 5.74) is 0.829. The number of non-ortho nitro benzene ring substituents is 1. The second-order valence-electron chi connectivity index (χ2n) is 5.25. The number of carbonyl (C=O) groups is 1. The lowest BCUT2D eigenvalue weighted by Crippen LogP contribution is -2.34. The predicted octanol–water partition coefficient (Wildman–Crippen LogP) is 2.80. The Bertz CT molecular complexity index is 510. The van der Waals surface area contributed by atoms with Crippen LogP contribution in [-0.2, 0) is 4.79 Å². The van der Waals surface area contributed by atoms with Crippen LogP contribution in [0.1, 0.15) is 26.2 Å². The van der Waals surface area contributed by atoms with Gasteiger partial charge in [-0.1, -0.05) is 6.92 Å². The molecule has 0 atom stereocenters. The monoisotopic (exact) mass is 292 g/mol. The number of nitrogens with zero attached hydrogens (tertiary/aromatic N) is 2. The maximum absolute atomic E-state index is 11.0. The summed E-state index contributed by atoms with van der Waals surface area (Å²) in [7, 11) is 0. The van der Waals surface area contributed by atoms with E-state index in [1.807, 2.05) is 13.0 Å². The molecular weight excluding hydrogens is 272 g/mol. The van der Waals surface area contributed by atoms with E-state index in [0.717, 1.165) is 44.3 Å². The fourth-order valence-corrected chi connectivity index (χ4v) is 2.45. The van der Waals surface area contributed by atoms with Gasteiger partial charge in [-0.3, -0.25) is 10.1 Å². The third-order valence-electron chi connectivity index (χ3n) is 3.66. The molecule has 0 aromatic heterocycles. The number of hydrogen-bond donors (Lipinski definition) is 0. The molecule has 1 heterocycles. The first-order valence-corrected chi connectivity index (χ1v) is 7.26. The number of piperidine rings is 1. The number of nitro benzene ring substituents is 1. The topological polar surface area (TPSA) is 72.7 Å². The summed E-state index contributed by atoms with van der Waals surface area (Å²) in [5, 5.41) is 11.0.